The normalized spacial score (nSPS) is 15.5. The van der Waals surface area contributed by atoms with Crippen molar-refractivity contribution in [2.45, 2.75) is 32.5 Å². The summed E-state index contributed by atoms with van der Waals surface area (Å²) >= 11 is 0. The fraction of sp³-hybridized carbons (Fsp3) is 0.778. The number of nitrogens with zero attached hydrogens (tertiary/aromatic N) is 2. The second kappa shape index (κ2) is 4.99. The van der Waals surface area contributed by atoms with Crippen LogP contribution in [-0.2, 0) is 0 Å². The van der Waals surface area contributed by atoms with Crippen molar-refractivity contribution in [3.63, 3.8) is 0 Å². The fourth-order valence-electron chi connectivity index (χ4n) is 1.27. The maximum atomic E-state index is 13.4. The molecule has 0 N–H and O–H groups in total. The summed E-state index contributed by atoms with van der Waals surface area (Å²) in [5, 5.41) is 17.2. The zero-order valence-electron chi connectivity index (χ0n) is 8.34. The van der Waals surface area contributed by atoms with Gasteiger partial charge in [-0.05, 0) is 32.0 Å². The van der Waals surface area contributed by atoms with Crippen molar-refractivity contribution < 1.29 is 4.11 Å². The van der Waals surface area contributed by atoms with Gasteiger partial charge >= 0.3 is 0 Å². The van der Waals surface area contributed by atoms with Crippen molar-refractivity contribution in [3.05, 3.63) is 0 Å². The number of hydrogen-bond donors (Lipinski definition) is 0. The third-order valence-corrected chi connectivity index (χ3v) is 3.51. The molecule has 0 saturated heterocycles. The van der Waals surface area contributed by atoms with Crippen molar-refractivity contribution in [2.75, 3.05) is 0 Å². The van der Waals surface area contributed by atoms with E-state index in [1.54, 1.807) is 20.0 Å². The van der Waals surface area contributed by atoms with Crippen LogP contribution in [0.25, 0.3) is 0 Å². The van der Waals surface area contributed by atoms with Crippen LogP contribution in [0, 0.1) is 34.5 Å². The zero-order valence-corrected chi connectivity index (χ0v) is 9.34. The molecule has 0 aliphatic heterocycles. The van der Waals surface area contributed by atoms with Gasteiger partial charge in [0, 0.05) is 12.3 Å². The van der Waals surface area contributed by atoms with Gasteiger partial charge in [-0.2, -0.15) is 10.5 Å². The van der Waals surface area contributed by atoms with Gasteiger partial charge in [0.1, 0.15) is 0 Å². The van der Waals surface area contributed by atoms with E-state index in [0.29, 0.717) is 6.04 Å². The summed E-state index contributed by atoms with van der Waals surface area (Å²) in [6.07, 6.45) is 0.287. The van der Waals surface area contributed by atoms with E-state index in [1.165, 1.54) is 0 Å². The highest BCUT2D eigenvalue weighted by molar-refractivity contribution is 6.70. The molecule has 0 spiro atoms. The molecule has 72 valence electrons. The van der Waals surface area contributed by atoms with Gasteiger partial charge in [-0.3, -0.25) is 0 Å². The predicted molar refractivity (Wildman–Crippen MR) is 51.9 cm³/mol. The molecule has 2 unspecified atom stereocenters. The fourth-order valence-corrected chi connectivity index (χ4v) is 3.02. The monoisotopic (exact) mass is 198 g/mol. The standard InChI is InChI=1S/C9H15FN2Si/c1-8(6-12)9(4-5-11)7-13(2,3)10/h8-9H,4,7H2,1-3H3. The molecule has 0 aromatic carbocycles. The quantitative estimate of drug-likeness (QED) is 0.515. The van der Waals surface area contributed by atoms with E-state index in [2.05, 4.69) is 6.07 Å². The van der Waals surface area contributed by atoms with Gasteiger partial charge in [0.2, 0.25) is 8.41 Å². The van der Waals surface area contributed by atoms with E-state index in [1.807, 2.05) is 6.07 Å². The van der Waals surface area contributed by atoms with Gasteiger partial charge in [0.15, 0.2) is 0 Å². The van der Waals surface area contributed by atoms with Crippen molar-refractivity contribution in [2.24, 2.45) is 11.8 Å². The van der Waals surface area contributed by atoms with E-state index >= 15 is 0 Å². The molecular formula is C9H15FN2Si. The van der Waals surface area contributed by atoms with Crippen molar-refractivity contribution in [1.82, 2.24) is 0 Å². The van der Waals surface area contributed by atoms with Crippen LogP contribution in [0.15, 0.2) is 0 Å². The van der Waals surface area contributed by atoms with Crippen LogP contribution in [0.2, 0.25) is 19.1 Å². The SMILES string of the molecule is CC(C#N)C(CC#N)C[Si](C)(C)F. The molecule has 0 aromatic rings. The van der Waals surface area contributed by atoms with Gasteiger partial charge in [-0.15, -0.1) is 0 Å². The first-order chi connectivity index (χ1) is 5.90. The molecule has 0 aliphatic carbocycles. The maximum Gasteiger partial charge on any atom is 0.241 e. The maximum absolute atomic E-state index is 13.4. The second-order valence-electron chi connectivity index (χ2n) is 3.96. The van der Waals surface area contributed by atoms with Gasteiger partial charge in [0.05, 0.1) is 12.1 Å². The lowest BCUT2D eigenvalue weighted by Crippen LogP contribution is -2.25. The second-order valence-corrected chi connectivity index (χ2v) is 7.81. The lowest BCUT2D eigenvalue weighted by atomic mass is 9.95. The molecule has 0 heterocycles. The molecular weight excluding hydrogens is 183 g/mol. The molecule has 0 saturated carbocycles. The largest absolute Gasteiger partial charge is 0.314 e. The first-order valence-electron chi connectivity index (χ1n) is 4.36. The molecule has 0 bridgehead atoms. The summed E-state index contributed by atoms with van der Waals surface area (Å²) in [5.41, 5.74) is 0. The Labute approximate surface area is 80.2 Å². The number of halogens is 1. The van der Waals surface area contributed by atoms with Gasteiger partial charge in [0.25, 0.3) is 0 Å². The van der Waals surface area contributed by atoms with Crippen LogP contribution in [0.4, 0.5) is 4.11 Å². The van der Waals surface area contributed by atoms with Gasteiger partial charge < -0.3 is 4.11 Å². The van der Waals surface area contributed by atoms with Crippen LogP contribution in [0.1, 0.15) is 13.3 Å². The summed E-state index contributed by atoms with van der Waals surface area (Å²) in [5.74, 6) is -0.316. The Morgan fingerprint density at radius 2 is 1.92 bits per heavy atom. The summed E-state index contributed by atoms with van der Waals surface area (Å²) < 4.78 is 13.4. The highest BCUT2D eigenvalue weighted by Crippen LogP contribution is 2.26. The molecule has 0 aromatic heterocycles. The van der Waals surface area contributed by atoms with Crippen LogP contribution in [0.3, 0.4) is 0 Å². The zero-order chi connectivity index (χ0) is 10.5. The number of hydrogen-bond acceptors (Lipinski definition) is 2. The first-order valence-corrected chi connectivity index (χ1v) is 7.44. The van der Waals surface area contributed by atoms with Gasteiger partial charge in [-0.1, -0.05) is 0 Å². The molecule has 0 radical (unpaired) electrons. The third kappa shape index (κ3) is 5.38. The van der Waals surface area contributed by atoms with E-state index in [0.717, 1.165) is 0 Å². The Balaban J connectivity index is 4.30. The minimum Gasteiger partial charge on any atom is -0.314 e. The van der Waals surface area contributed by atoms with Gasteiger partial charge in [-0.25, -0.2) is 0 Å². The van der Waals surface area contributed by atoms with Crippen molar-refractivity contribution in [3.8, 4) is 12.1 Å². The summed E-state index contributed by atoms with van der Waals surface area (Å²) in [6.45, 7) is 4.98. The van der Waals surface area contributed by atoms with Crippen LogP contribution >= 0.6 is 0 Å². The molecule has 0 rings (SSSR count). The van der Waals surface area contributed by atoms with E-state index in [-0.39, 0.29) is 18.3 Å². The minimum absolute atomic E-state index is 0.0957. The van der Waals surface area contributed by atoms with Crippen LogP contribution in [-0.4, -0.2) is 8.41 Å². The molecule has 2 atom stereocenters. The smallest absolute Gasteiger partial charge is 0.241 e. The lowest BCUT2D eigenvalue weighted by Gasteiger charge is -2.20. The molecule has 0 aliphatic rings. The molecule has 13 heavy (non-hydrogen) atoms. The van der Waals surface area contributed by atoms with E-state index in [9.17, 15) is 4.11 Å². The van der Waals surface area contributed by atoms with E-state index < -0.39 is 8.41 Å². The molecule has 0 amide bonds. The van der Waals surface area contributed by atoms with E-state index in [4.69, 9.17) is 10.5 Å². The van der Waals surface area contributed by atoms with Crippen molar-refractivity contribution in [1.29, 1.82) is 10.5 Å². The predicted octanol–water partition coefficient (Wildman–Crippen LogP) is 2.85. The Morgan fingerprint density at radius 1 is 1.38 bits per heavy atom. The average molecular weight is 198 g/mol. The van der Waals surface area contributed by atoms with Crippen LogP contribution < -0.4 is 0 Å². The number of nitriles is 2. The first kappa shape index (κ1) is 12.1. The Morgan fingerprint density at radius 3 is 2.23 bits per heavy atom. The number of rotatable bonds is 4. The highest BCUT2D eigenvalue weighted by atomic mass is 28.4. The average Bonchev–Trinajstić information content (AvgIpc) is 2.00. The van der Waals surface area contributed by atoms with Crippen LogP contribution in [0.5, 0.6) is 0 Å². The Bertz CT molecular complexity index is 233. The Hall–Kier alpha value is -0.873. The minimum atomic E-state index is -2.64. The summed E-state index contributed by atoms with van der Waals surface area (Å²) in [7, 11) is -2.64. The third-order valence-electron chi connectivity index (χ3n) is 2.01. The van der Waals surface area contributed by atoms with Crippen molar-refractivity contribution >= 4 is 8.41 Å². The Kier molecular flexibility index (Phi) is 4.65. The summed E-state index contributed by atoms with van der Waals surface area (Å²) in [6, 6.07) is 4.50. The highest BCUT2D eigenvalue weighted by Gasteiger charge is 2.28. The molecule has 0 fully saturated rings. The molecule has 4 heteroatoms. The molecule has 2 nitrogen and oxygen atoms in total. The topological polar surface area (TPSA) is 47.6 Å². The lowest BCUT2D eigenvalue weighted by molar-refractivity contribution is 0.463. The summed E-state index contributed by atoms with van der Waals surface area (Å²) in [4.78, 5) is 0.